The lowest BCUT2D eigenvalue weighted by atomic mass is 9.90. The maximum Gasteiger partial charge on any atom is 0.405 e. The molecular weight excluding hydrogens is 436 g/mol. The number of fused-ring (bicyclic) bond motifs is 1. The predicted molar refractivity (Wildman–Crippen MR) is 109 cm³/mol. The van der Waals surface area contributed by atoms with E-state index in [1.165, 1.54) is 0 Å². The van der Waals surface area contributed by atoms with Crippen molar-refractivity contribution in [2.45, 2.75) is 24.6 Å². The van der Waals surface area contributed by atoms with Crippen LogP contribution in [0.4, 0.5) is 23.4 Å². The number of H-pyrrole nitrogens is 1. The van der Waals surface area contributed by atoms with Crippen molar-refractivity contribution >= 4 is 34.5 Å². The molecule has 4 heterocycles. The molecule has 0 unspecified atom stereocenters. The molecule has 31 heavy (non-hydrogen) atoms. The molecule has 1 aliphatic heterocycles. The van der Waals surface area contributed by atoms with Crippen molar-refractivity contribution in [3.05, 3.63) is 36.5 Å². The number of thioether (sulfide) groups is 1. The molecule has 0 saturated carbocycles. The Morgan fingerprint density at radius 2 is 2.03 bits per heavy atom. The predicted octanol–water partition coefficient (Wildman–Crippen LogP) is 3.52. The van der Waals surface area contributed by atoms with E-state index < -0.39 is 30.0 Å². The first kappa shape index (κ1) is 21.3. The van der Waals surface area contributed by atoms with Crippen LogP contribution in [0.2, 0.25) is 0 Å². The topological polar surface area (TPSA) is 95.6 Å². The van der Waals surface area contributed by atoms with Crippen LogP contribution in [0.1, 0.15) is 12.8 Å². The summed E-state index contributed by atoms with van der Waals surface area (Å²) in [6.07, 6.45) is 0.146. The fourth-order valence-corrected chi connectivity index (χ4v) is 4.62. The summed E-state index contributed by atoms with van der Waals surface area (Å²) in [6, 6.07) is 3.54. The van der Waals surface area contributed by atoms with Crippen LogP contribution in [0.15, 0.2) is 30.7 Å². The van der Waals surface area contributed by atoms with Gasteiger partial charge in [0.15, 0.2) is 17.5 Å². The Morgan fingerprint density at radius 1 is 1.26 bits per heavy atom. The number of alkyl halides is 3. The standard InChI is InChI=1S/C19H18F4N6OS/c20-13-9-26-15(12-8-25-14-11(12)2-1-5-24-14)28-16(13)29-18(3-6-31-7-4-18)17(30)27-10-19(21,22)23/h1-2,5,8-9H,3-4,6-7,10H2,(H,24,25)(H,27,30)(H,26,28,29). The Kier molecular flexibility index (Phi) is 5.73. The van der Waals surface area contributed by atoms with Crippen molar-refractivity contribution in [3.8, 4) is 11.4 Å². The first-order valence-corrected chi connectivity index (χ1v) is 10.6. The van der Waals surface area contributed by atoms with Crippen molar-refractivity contribution in [1.29, 1.82) is 0 Å². The number of nitrogens with zero attached hydrogens (tertiary/aromatic N) is 3. The molecule has 0 aliphatic carbocycles. The molecule has 164 valence electrons. The van der Waals surface area contributed by atoms with Gasteiger partial charge in [-0.05, 0) is 36.5 Å². The van der Waals surface area contributed by atoms with E-state index in [1.54, 1.807) is 36.3 Å². The van der Waals surface area contributed by atoms with Crippen LogP contribution in [0.5, 0.6) is 0 Å². The second-order valence-electron chi connectivity index (χ2n) is 7.11. The zero-order valence-electron chi connectivity index (χ0n) is 16.1. The molecule has 1 fully saturated rings. The SMILES string of the molecule is O=C(NCC(F)(F)F)C1(Nc2nc(-c3c[nH]c4ncccc34)ncc2F)CCSCC1. The van der Waals surface area contributed by atoms with E-state index in [2.05, 4.69) is 25.3 Å². The first-order chi connectivity index (χ1) is 14.8. The summed E-state index contributed by atoms with van der Waals surface area (Å²) in [7, 11) is 0. The minimum absolute atomic E-state index is 0.194. The van der Waals surface area contributed by atoms with Crippen molar-refractivity contribution in [1.82, 2.24) is 25.3 Å². The molecule has 3 aromatic heterocycles. The van der Waals surface area contributed by atoms with Gasteiger partial charge in [0.2, 0.25) is 5.91 Å². The van der Waals surface area contributed by atoms with Crippen molar-refractivity contribution in [2.24, 2.45) is 0 Å². The van der Waals surface area contributed by atoms with E-state index in [0.717, 1.165) is 11.6 Å². The molecule has 0 spiro atoms. The number of aromatic nitrogens is 4. The summed E-state index contributed by atoms with van der Waals surface area (Å²) in [5.74, 6) is -0.597. The molecule has 1 saturated heterocycles. The average molecular weight is 454 g/mol. The lowest BCUT2D eigenvalue weighted by Gasteiger charge is -2.37. The zero-order chi connectivity index (χ0) is 22.1. The van der Waals surface area contributed by atoms with Gasteiger partial charge >= 0.3 is 6.18 Å². The molecule has 12 heteroatoms. The second kappa shape index (κ2) is 8.33. The van der Waals surface area contributed by atoms with Gasteiger partial charge in [-0.1, -0.05) is 0 Å². The number of amides is 1. The highest BCUT2D eigenvalue weighted by Gasteiger charge is 2.42. The van der Waals surface area contributed by atoms with Crippen LogP contribution in [0.3, 0.4) is 0 Å². The summed E-state index contributed by atoms with van der Waals surface area (Å²) in [5.41, 5.74) is -0.210. The van der Waals surface area contributed by atoms with Crippen LogP contribution in [-0.4, -0.2) is 55.6 Å². The van der Waals surface area contributed by atoms with Crippen molar-refractivity contribution in [3.63, 3.8) is 0 Å². The molecular formula is C19H18F4N6OS. The van der Waals surface area contributed by atoms with E-state index in [1.807, 2.05) is 5.32 Å². The Hall–Kier alpha value is -2.89. The van der Waals surface area contributed by atoms with E-state index in [4.69, 9.17) is 0 Å². The molecule has 1 aliphatic rings. The lowest BCUT2D eigenvalue weighted by Crippen LogP contribution is -2.56. The number of rotatable bonds is 5. The monoisotopic (exact) mass is 454 g/mol. The number of pyridine rings is 1. The normalized spacial score (nSPS) is 16.3. The number of anilines is 1. The molecule has 0 bridgehead atoms. The molecule has 0 atom stereocenters. The largest absolute Gasteiger partial charge is 0.405 e. The first-order valence-electron chi connectivity index (χ1n) is 9.43. The summed E-state index contributed by atoms with van der Waals surface area (Å²) in [6.45, 7) is -1.46. The fourth-order valence-electron chi connectivity index (χ4n) is 3.43. The van der Waals surface area contributed by atoms with E-state index in [-0.39, 0.29) is 24.5 Å². The molecule has 7 nitrogen and oxygen atoms in total. The lowest BCUT2D eigenvalue weighted by molar-refractivity contribution is -0.141. The highest BCUT2D eigenvalue weighted by Crippen LogP contribution is 2.33. The smallest absolute Gasteiger partial charge is 0.353 e. The minimum Gasteiger partial charge on any atom is -0.353 e. The van der Waals surface area contributed by atoms with Crippen LogP contribution < -0.4 is 10.6 Å². The van der Waals surface area contributed by atoms with E-state index >= 15 is 0 Å². The van der Waals surface area contributed by atoms with Gasteiger partial charge in [0.1, 0.15) is 17.7 Å². The average Bonchev–Trinajstić information content (AvgIpc) is 3.18. The summed E-state index contributed by atoms with van der Waals surface area (Å²) >= 11 is 1.58. The van der Waals surface area contributed by atoms with Gasteiger partial charge in [-0.3, -0.25) is 4.79 Å². The Balaban J connectivity index is 1.66. The summed E-state index contributed by atoms with van der Waals surface area (Å²) < 4.78 is 52.4. The maximum absolute atomic E-state index is 14.6. The summed E-state index contributed by atoms with van der Waals surface area (Å²) in [5, 5.41) is 5.46. The number of hydrogen-bond acceptors (Lipinski definition) is 6. The Bertz CT molecular complexity index is 1100. The van der Waals surface area contributed by atoms with Gasteiger partial charge in [-0.25, -0.2) is 19.3 Å². The Labute approximate surface area is 178 Å². The van der Waals surface area contributed by atoms with Gasteiger partial charge in [0, 0.05) is 23.3 Å². The minimum atomic E-state index is -4.54. The Morgan fingerprint density at radius 3 is 2.77 bits per heavy atom. The molecule has 0 radical (unpaired) electrons. The van der Waals surface area contributed by atoms with Gasteiger partial charge in [0.05, 0.1) is 6.20 Å². The zero-order valence-corrected chi connectivity index (χ0v) is 16.9. The van der Waals surface area contributed by atoms with Gasteiger partial charge in [0.25, 0.3) is 0 Å². The van der Waals surface area contributed by atoms with E-state index in [9.17, 15) is 22.4 Å². The second-order valence-corrected chi connectivity index (χ2v) is 8.33. The quantitative estimate of drug-likeness (QED) is 0.511. The number of aromatic amines is 1. The van der Waals surface area contributed by atoms with Crippen LogP contribution in [0.25, 0.3) is 22.4 Å². The molecule has 3 aromatic rings. The highest BCUT2D eigenvalue weighted by molar-refractivity contribution is 7.99. The molecule has 3 N–H and O–H groups in total. The fraction of sp³-hybridized carbons (Fsp3) is 0.368. The third-order valence-corrected chi connectivity index (χ3v) is 6.01. The molecule has 0 aromatic carbocycles. The molecule has 1 amide bonds. The number of nitrogens with one attached hydrogen (secondary N) is 3. The van der Waals surface area contributed by atoms with Gasteiger partial charge < -0.3 is 15.6 Å². The van der Waals surface area contributed by atoms with Crippen LogP contribution >= 0.6 is 11.8 Å². The van der Waals surface area contributed by atoms with Crippen molar-refractivity contribution in [2.75, 3.05) is 23.4 Å². The number of carbonyl (C=O) groups is 1. The highest BCUT2D eigenvalue weighted by atomic mass is 32.2. The van der Waals surface area contributed by atoms with Crippen LogP contribution in [0, 0.1) is 5.82 Å². The van der Waals surface area contributed by atoms with Crippen LogP contribution in [-0.2, 0) is 4.79 Å². The van der Waals surface area contributed by atoms with Gasteiger partial charge in [-0.15, -0.1) is 0 Å². The number of carbonyl (C=O) groups excluding carboxylic acids is 1. The van der Waals surface area contributed by atoms with Gasteiger partial charge in [-0.2, -0.15) is 24.9 Å². The van der Waals surface area contributed by atoms with E-state index in [0.29, 0.717) is 22.7 Å². The third kappa shape index (κ3) is 4.58. The van der Waals surface area contributed by atoms with Crippen molar-refractivity contribution < 1.29 is 22.4 Å². The number of hydrogen-bond donors (Lipinski definition) is 3. The third-order valence-electron chi connectivity index (χ3n) is 5.02. The number of halogens is 4. The summed E-state index contributed by atoms with van der Waals surface area (Å²) in [4.78, 5) is 28.2. The maximum atomic E-state index is 14.6. The molecule has 4 rings (SSSR count).